The fourth-order valence-corrected chi connectivity index (χ4v) is 4.46. The van der Waals surface area contributed by atoms with Gasteiger partial charge < -0.3 is 14.4 Å². The Morgan fingerprint density at radius 3 is 2.93 bits per heavy atom. The number of rotatable bonds is 4. The minimum Gasteiger partial charge on any atom is -0.490 e. The second-order valence-electron chi connectivity index (χ2n) is 7.16. The first kappa shape index (κ1) is 18.1. The third-order valence-electron chi connectivity index (χ3n) is 5.24. The Balaban J connectivity index is 1.32. The van der Waals surface area contributed by atoms with E-state index in [2.05, 4.69) is 15.4 Å². The van der Waals surface area contributed by atoms with E-state index in [0.29, 0.717) is 19.0 Å². The minimum absolute atomic E-state index is 0.00567. The summed E-state index contributed by atoms with van der Waals surface area (Å²) in [4.78, 5) is 16.3. The van der Waals surface area contributed by atoms with Gasteiger partial charge in [-0.05, 0) is 47.2 Å². The van der Waals surface area contributed by atoms with Crippen molar-refractivity contribution in [1.29, 1.82) is 0 Å². The molecule has 1 aromatic carbocycles. The lowest BCUT2D eigenvalue weighted by Crippen LogP contribution is -2.34. The average molecular weight is 411 g/mol. The Morgan fingerprint density at radius 1 is 1.17 bits per heavy atom. The number of ether oxygens (including phenoxy) is 2. The number of hydrogen-bond acceptors (Lipinski definition) is 7. The van der Waals surface area contributed by atoms with Gasteiger partial charge in [0.2, 0.25) is 11.7 Å². The fraction of sp³-hybridized carbons (Fsp3) is 0.400. The lowest BCUT2D eigenvalue weighted by atomic mass is 10.0. The van der Waals surface area contributed by atoms with Crippen LogP contribution in [-0.2, 0) is 11.3 Å². The zero-order valence-electron chi connectivity index (χ0n) is 15.9. The Kier molecular flexibility index (Phi) is 4.89. The van der Waals surface area contributed by atoms with Crippen molar-refractivity contribution in [3.05, 3.63) is 40.6 Å². The SMILES string of the molecule is O=C(Cn1nnc(-c2ccsc2)n1)N1CCC[C@H]1c1ccc2c(c1)OCCCO2. The van der Waals surface area contributed by atoms with E-state index in [1.165, 1.54) is 4.80 Å². The largest absolute Gasteiger partial charge is 0.490 e. The maximum Gasteiger partial charge on any atom is 0.246 e. The minimum atomic E-state index is -0.00567. The zero-order chi connectivity index (χ0) is 19.6. The van der Waals surface area contributed by atoms with E-state index >= 15 is 0 Å². The molecule has 0 bridgehead atoms. The van der Waals surface area contributed by atoms with Crippen LogP contribution in [0.2, 0.25) is 0 Å². The van der Waals surface area contributed by atoms with Gasteiger partial charge in [0, 0.05) is 23.9 Å². The normalized spacial score (nSPS) is 18.6. The quantitative estimate of drug-likeness (QED) is 0.657. The van der Waals surface area contributed by atoms with E-state index in [0.717, 1.165) is 48.4 Å². The predicted octanol–water partition coefficient (Wildman–Crippen LogP) is 2.93. The lowest BCUT2D eigenvalue weighted by Gasteiger charge is -2.25. The van der Waals surface area contributed by atoms with Gasteiger partial charge >= 0.3 is 0 Å². The van der Waals surface area contributed by atoms with Crippen molar-refractivity contribution >= 4 is 17.2 Å². The van der Waals surface area contributed by atoms with Crippen LogP contribution >= 0.6 is 11.3 Å². The zero-order valence-corrected chi connectivity index (χ0v) is 16.7. The van der Waals surface area contributed by atoms with Crippen LogP contribution in [-0.4, -0.2) is 50.8 Å². The summed E-state index contributed by atoms with van der Waals surface area (Å²) in [6.45, 7) is 2.12. The van der Waals surface area contributed by atoms with Crippen LogP contribution in [0.15, 0.2) is 35.0 Å². The molecule has 4 heterocycles. The monoisotopic (exact) mass is 411 g/mol. The molecule has 1 saturated heterocycles. The van der Waals surface area contributed by atoms with Gasteiger partial charge in [0.25, 0.3) is 0 Å². The molecule has 1 atom stereocenters. The number of thiophene rings is 1. The molecule has 2 aliphatic heterocycles. The molecule has 1 fully saturated rings. The summed E-state index contributed by atoms with van der Waals surface area (Å²) in [6, 6.07) is 7.96. The van der Waals surface area contributed by atoms with E-state index in [-0.39, 0.29) is 18.5 Å². The van der Waals surface area contributed by atoms with Crippen LogP contribution in [0, 0.1) is 0 Å². The molecule has 2 aliphatic rings. The molecule has 0 N–H and O–H groups in total. The van der Waals surface area contributed by atoms with Gasteiger partial charge in [-0.15, -0.1) is 10.2 Å². The van der Waals surface area contributed by atoms with E-state index in [1.807, 2.05) is 39.9 Å². The Morgan fingerprint density at radius 2 is 2.07 bits per heavy atom. The summed E-state index contributed by atoms with van der Waals surface area (Å²) in [7, 11) is 0. The maximum atomic E-state index is 13.0. The highest BCUT2D eigenvalue weighted by Gasteiger charge is 2.31. The highest BCUT2D eigenvalue weighted by atomic mass is 32.1. The van der Waals surface area contributed by atoms with E-state index < -0.39 is 0 Å². The number of amides is 1. The number of hydrogen-bond donors (Lipinski definition) is 0. The molecular weight excluding hydrogens is 390 g/mol. The van der Waals surface area contributed by atoms with Gasteiger partial charge in [0.05, 0.1) is 19.3 Å². The summed E-state index contributed by atoms with van der Waals surface area (Å²) in [5.41, 5.74) is 1.99. The van der Waals surface area contributed by atoms with Gasteiger partial charge in [-0.1, -0.05) is 6.07 Å². The number of carbonyl (C=O) groups is 1. The molecule has 1 amide bonds. The molecule has 29 heavy (non-hydrogen) atoms. The fourth-order valence-electron chi connectivity index (χ4n) is 3.83. The standard InChI is InChI=1S/C20H21N5O3S/c26-19(12-25-22-20(21-23-25)15-6-10-29-13-15)24-7-1-3-16(24)14-4-5-17-18(11-14)28-9-2-8-27-17/h4-6,10-11,13,16H,1-3,7-9,12H2/t16-/m0/s1. The van der Waals surface area contributed by atoms with Crippen molar-refractivity contribution in [2.75, 3.05) is 19.8 Å². The third kappa shape index (κ3) is 3.69. The van der Waals surface area contributed by atoms with Crippen molar-refractivity contribution in [3.63, 3.8) is 0 Å². The topological polar surface area (TPSA) is 82.4 Å². The first-order chi connectivity index (χ1) is 14.3. The van der Waals surface area contributed by atoms with Crippen molar-refractivity contribution < 1.29 is 14.3 Å². The number of fused-ring (bicyclic) bond motifs is 1. The molecule has 5 rings (SSSR count). The molecule has 8 nitrogen and oxygen atoms in total. The van der Waals surface area contributed by atoms with Crippen LogP contribution < -0.4 is 9.47 Å². The molecule has 0 radical (unpaired) electrons. The van der Waals surface area contributed by atoms with Crippen LogP contribution in [0.5, 0.6) is 11.5 Å². The summed E-state index contributed by atoms with van der Waals surface area (Å²) in [5.74, 6) is 2.07. The van der Waals surface area contributed by atoms with Crippen LogP contribution in [0.4, 0.5) is 0 Å². The predicted molar refractivity (Wildman–Crippen MR) is 107 cm³/mol. The van der Waals surface area contributed by atoms with Gasteiger partial charge in [0.1, 0.15) is 6.54 Å². The maximum absolute atomic E-state index is 13.0. The van der Waals surface area contributed by atoms with E-state index in [1.54, 1.807) is 11.3 Å². The molecule has 0 spiro atoms. The average Bonchev–Trinajstić information content (AvgIpc) is 3.47. The number of benzene rings is 1. The summed E-state index contributed by atoms with van der Waals surface area (Å²) in [6.07, 6.45) is 2.77. The number of nitrogens with zero attached hydrogens (tertiary/aromatic N) is 5. The molecule has 0 unspecified atom stereocenters. The van der Waals surface area contributed by atoms with Crippen molar-refractivity contribution in [2.45, 2.75) is 31.8 Å². The molecule has 0 saturated carbocycles. The highest BCUT2D eigenvalue weighted by molar-refractivity contribution is 7.08. The molecule has 150 valence electrons. The highest BCUT2D eigenvalue weighted by Crippen LogP contribution is 2.38. The van der Waals surface area contributed by atoms with Gasteiger partial charge in [-0.2, -0.15) is 16.1 Å². The van der Waals surface area contributed by atoms with Crippen LogP contribution in [0.1, 0.15) is 30.9 Å². The number of likely N-dealkylation sites (tertiary alicyclic amines) is 1. The van der Waals surface area contributed by atoms with Gasteiger partial charge in [-0.25, -0.2) is 0 Å². The number of carbonyl (C=O) groups excluding carboxylic acids is 1. The molecular formula is C20H21N5O3S. The van der Waals surface area contributed by atoms with Crippen LogP contribution in [0.25, 0.3) is 11.4 Å². The molecule has 3 aromatic rings. The van der Waals surface area contributed by atoms with Crippen molar-refractivity contribution in [2.24, 2.45) is 0 Å². The first-order valence-corrected chi connectivity index (χ1v) is 10.7. The first-order valence-electron chi connectivity index (χ1n) is 9.77. The molecule has 9 heteroatoms. The van der Waals surface area contributed by atoms with E-state index in [4.69, 9.17) is 9.47 Å². The second kappa shape index (κ2) is 7.82. The van der Waals surface area contributed by atoms with Crippen LogP contribution in [0.3, 0.4) is 0 Å². The lowest BCUT2D eigenvalue weighted by molar-refractivity contribution is -0.133. The molecule has 2 aromatic heterocycles. The second-order valence-corrected chi connectivity index (χ2v) is 7.94. The Labute approximate surface area is 172 Å². The Hall–Kier alpha value is -2.94. The summed E-state index contributed by atoms with van der Waals surface area (Å²) >= 11 is 1.58. The third-order valence-corrected chi connectivity index (χ3v) is 5.92. The summed E-state index contributed by atoms with van der Waals surface area (Å²) in [5, 5.41) is 16.4. The van der Waals surface area contributed by atoms with Crippen molar-refractivity contribution in [3.8, 4) is 22.9 Å². The summed E-state index contributed by atoms with van der Waals surface area (Å²) < 4.78 is 11.5. The van der Waals surface area contributed by atoms with E-state index in [9.17, 15) is 4.79 Å². The number of aromatic nitrogens is 4. The Bertz CT molecular complexity index is 1000. The molecule has 0 aliphatic carbocycles. The van der Waals surface area contributed by atoms with Gasteiger partial charge in [-0.3, -0.25) is 4.79 Å². The van der Waals surface area contributed by atoms with Crippen molar-refractivity contribution in [1.82, 2.24) is 25.1 Å². The van der Waals surface area contributed by atoms with Gasteiger partial charge in [0.15, 0.2) is 11.5 Å². The smallest absolute Gasteiger partial charge is 0.246 e. The number of tetrazole rings is 1.